The number of nitrogens with zero attached hydrogens (tertiary/aromatic N) is 5. The molecule has 1 N–H and O–H groups in total. The third kappa shape index (κ3) is 4.58. The van der Waals surface area contributed by atoms with Gasteiger partial charge in [0.25, 0.3) is 0 Å². The molecule has 0 saturated carbocycles. The smallest absolute Gasteiger partial charge is 0.224 e. The molecule has 1 fully saturated rings. The van der Waals surface area contributed by atoms with E-state index < -0.39 is 0 Å². The van der Waals surface area contributed by atoms with E-state index in [-0.39, 0.29) is 11.8 Å². The zero-order valence-electron chi connectivity index (χ0n) is 16.3. The van der Waals surface area contributed by atoms with Gasteiger partial charge in [-0.3, -0.25) is 4.79 Å². The van der Waals surface area contributed by atoms with Gasteiger partial charge in [-0.05, 0) is 51.0 Å². The molecule has 148 valence electrons. The minimum atomic E-state index is 0.0113. The topological polar surface area (TPSA) is 75.9 Å². The summed E-state index contributed by atoms with van der Waals surface area (Å²) in [6.07, 6.45) is 15.4. The minimum absolute atomic E-state index is 0.0113. The van der Waals surface area contributed by atoms with Crippen LogP contribution in [0.15, 0.2) is 42.5 Å². The Bertz CT molecular complexity index is 816. The van der Waals surface area contributed by atoms with E-state index in [9.17, 15) is 4.79 Å². The number of carbonyl (C=O) groups excluding carboxylic acids is 1. The van der Waals surface area contributed by atoms with Gasteiger partial charge in [-0.1, -0.05) is 11.6 Å². The van der Waals surface area contributed by atoms with Crippen molar-refractivity contribution in [2.45, 2.75) is 44.9 Å². The Morgan fingerprint density at radius 2 is 2.14 bits per heavy atom. The van der Waals surface area contributed by atoms with Crippen LogP contribution in [0.25, 0.3) is 5.82 Å². The summed E-state index contributed by atoms with van der Waals surface area (Å²) in [6.45, 7) is 2.36. The second-order valence-electron chi connectivity index (χ2n) is 7.62. The molecule has 0 aromatic carbocycles. The van der Waals surface area contributed by atoms with Crippen molar-refractivity contribution in [3.63, 3.8) is 0 Å². The van der Waals surface area contributed by atoms with E-state index in [2.05, 4.69) is 31.4 Å². The quantitative estimate of drug-likeness (QED) is 0.780. The van der Waals surface area contributed by atoms with Crippen molar-refractivity contribution in [1.29, 1.82) is 0 Å². The van der Waals surface area contributed by atoms with Crippen LogP contribution in [0, 0.1) is 5.92 Å². The van der Waals surface area contributed by atoms with E-state index in [4.69, 9.17) is 0 Å². The number of anilines is 1. The van der Waals surface area contributed by atoms with Crippen LogP contribution in [0.5, 0.6) is 0 Å². The maximum absolute atomic E-state index is 12.7. The minimum Gasteiger partial charge on any atom is -0.356 e. The normalized spacial score (nSPS) is 19.9. The fraction of sp³-hybridized carbons (Fsp3) is 0.524. The molecular formula is C21H28N6O. The van der Waals surface area contributed by atoms with E-state index in [0.29, 0.717) is 6.54 Å². The summed E-state index contributed by atoms with van der Waals surface area (Å²) in [7, 11) is 0. The van der Waals surface area contributed by atoms with Crippen LogP contribution in [0.3, 0.4) is 0 Å². The molecule has 1 saturated heterocycles. The van der Waals surface area contributed by atoms with E-state index in [0.717, 1.165) is 44.0 Å². The third-order valence-corrected chi connectivity index (χ3v) is 5.62. The standard InChI is InChI=1S/C21H28N6O/c28-21(22-11-9-17-6-2-1-3-7-17)18-8-4-12-26(15-18)19-14-20(24-16-23-19)27-13-5-10-25-27/h5-6,10,13-14,16,18H,1-4,7-9,11-12,15H2,(H,22,28)/t18-/m0/s1. The number of allylic oxidation sites excluding steroid dienone is 1. The molecular weight excluding hydrogens is 352 g/mol. The number of carbonyl (C=O) groups is 1. The molecule has 1 amide bonds. The Labute approximate surface area is 165 Å². The fourth-order valence-electron chi connectivity index (χ4n) is 4.06. The van der Waals surface area contributed by atoms with Crippen molar-refractivity contribution in [3.8, 4) is 5.82 Å². The molecule has 2 aliphatic rings. The van der Waals surface area contributed by atoms with Crippen molar-refractivity contribution < 1.29 is 4.79 Å². The molecule has 4 rings (SSSR count). The summed E-state index contributed by atoms with van der Waals surface area (Å²) >= 11 is 0. The van der Waals surface area contributed by atoms with Gasteiger partial charge in [0.15, 0.2) is 5.82 Å². The van der Waals surface area contributed by atoms with Gasteiger partial charge in [-0.15, -0.1) is 0 Å². The first-order valence-electron chi connectivity index (χ1n) is 10.3. The lowest BCUT2D eigenvalue weighted by Gasteiger charge is -2.33. The highest BCUT2D eigenvalue weighted by Gasteiger charge is 2.26. The molecule has 2 aromatic rings. The molecule has 0 unspecified atom stereocenters. The second kappa shape index (κ2) is 8.99. The highest BCUT2D eigenvalue weighted by Crippen LogP contribution is 2.23. The van der Waals surface area contributed by atoms with Crippen molar-refractivity contribution in [2.75, 3.05) is 24.5 Å². The monoisotopic (exact) mass is 380 g/mol. The van der Waals surface area contributed by atoms with Crippen LogP contribution in [0.4, 0.5) is 5.82 Å². The summed E-state index contributed by atoms with van der Waals surface area (Å²) in [5, 5.41) is 7.38. The van der Waals surface area contributed by atoms with Gasteiger partial charge in [-0.2, -0.15) is 5.10 Å². The van der Waals surface area contributed by atoms with E-state index in [1.807, 2.05) is 18.3 Å². The second-order valence-corrected chi connectivity index (χ2v) is 7.62. The lowest BCUT2D eigenvalue weighted by Crippen LogP contribution is -2.43. The number of rotatable bonds is 6. The molecule has 1 atom stereocenters. The highest BCUT2D eigenvalue weighted by atomic mass is 16.1. The molecule has 0 bridgehead atoms. The zero-order chi connectivity index (χ0) is 19.2. The molecule has 28 heavy (non-hydrogen) atoms. The predicted octanol–water partition coefficient (Wildman–Crippen LogP) is 2.89. The number of aromatic nitrogens is 4. The van der Waals surface area contributed by atoms with Crippen LogP contribution in [0.1, 0.15) is 44.9 Å². The fourth-order valence-corrected chi connectivity index (χ4v) is 4.06. The lowest BCUT2D eigenvalue weighted by atomic mass is 9.96. The summed E-state index contributed by atoms with van der Waals surface area (Å²) in [4.78, 5) is 23.6. The SMILES string of the molecule is O=C(NCCC1=CCCCC1)[C@H]1CCCN(c2cc(-n3cccn3)ncn2)C1. The van der Waals surface area contributed by atoms with E-state index in [1.165, 1.54) is 31.3 Å². The van der Waals surface area contributed by atoms with Crippen LogP contribution >= 0.6 is 0 Å². The Hall–Kier alpha value is -2.70. The average molecular weight is 380 g/mol. The van der Waals surface area contributed by atoms with Gasteiger partial charge >= 0.3 is 0 Å². The predicted molar refractivity (Wildman–Crippen MR) is 108 cm³/mol. The van der Waals surface area contributed by atoms with E-state index in [1.54, 1.807) is 17.2 Å². The average Bonchev–Trinajstić information content (AvgIpc) is 3.30. The van der Waals surface area contributed by atoms with Crippen molar-refractivity contribution in [2.24, 2.45) is 5.92 Å². The molecule has 3 heterocycles. The summed E-state index contributed by atoms with van der Waals surface area (Å²) in [6, 6.07) is 3.80. The lowest BCUT2D eigenvalue weighted by molar-refractivity contribution is -0.125. The van der Waals surface area contributed by atoms with Crippen molar-refractivity contribution >= 4 is 11.7 Å². The molecule has 2 aromatic heterocycles. The van der Waals surface area contributed by atoms with Gasteiger partial charge in [0.05, 0.1) is 5.92 Å². The first kappa shape index (κ1) is 18.7. The molecule has 0 radical (unpaired) electrons. The van der Waals surface area contributed by atoms with Crippen LogP contribution in [-0.4, -0.2) is 45.3 Å². The van der Waals surface area contributed by atoms with Crippen LogP contribution < -0.4 is 10.2 Å². The largest absolute Gasteiger partial charge is 0.356 e. The highest BCUT2D eigenvalue weighted by molar-refractivity contribution is 5.79. The van der Waals surface area contributed by atoms with Crippen molar-refractivity contribution in [1.82, 2.24) is 25.1 Å². The summed E-state index contributed by atoms with van der Waals surface area (Å²) in [5.41, 5.74) is 1.50. The Kier molecular flexibility index (Phi) is 5.99. The Balaban J connectivity index is 1.33. The molecule has 0 spiro atoms. The summed E-state index contributed by atoms with van der Waals surface area (Å²) in [5.74, 6) is 1.77. The molecule has 1 aliphatic carbocycles. The Morgan fingerprint density at radius 3 is 2.96 bits per heavy atom. The number of amides is 1. The van der Waals surface area contributed by atoms with E-state index >= 15 is 0 Å². The zero-order valence-corrected chi connectivity index (χ0v) is 16.3. The van der Waals surface area contributed by atoms with Gasteiger partial charge in [0.1, 0.15) is 12.1 Å². The van der Waals surface area contributed by atoms with Gasteiger partial charge in [0, 0.05) is 38.1 Å². The number of nitrogens with one attached hydrogen (secondary N) is 1. The maximum atomic E-state index is 12.7. The molecule has 7 nitrogen and oxygen atoms in total. The third-order valence-electron chi connectivity index (χ3n) is 5.62. The molecule has 7 heteroatoms. The van der Waals surface area contributed by atoms with Gasteiger partial charge in [0.2, 0.25) is 5.91 Å². The van der Waals surface area contributed by atoms with Crippen LogP contribution in [-0.2, 0) is 4.79 Å². The van der Waals surface area contributed by atoms with Gasteiger partial charge < -0.3 is 10.2 Å². The maximum Gasteiger partial charge on any atom is 0.224 e. The Morgan fingerprint density at radius 1 is 1.21 bits per heavy atom. The summed E-state index contributed by atoms with van der Waals surface area (Å²) < 4.78 is 1.72. The number of piperidine rings is 1. The van der Waals surface area contributed by atoms with Gasteiger partial charge in [-0.25, -0.2) is 14.6 Å². The number of hydrogen-bond donors (Lipinski definition) is 1. The number of hydrogen-bond acceptors (Lipinski definition) is 5. The first-order valence-corrected chi connectivity index (χ1v) is 10.3. The van der Waals surface area contributed by atoms with Crippen molar-refractivity contribution in [3.05, 3.63) is 42.5 Å². The van der Waals surface area contributed by atoms with Crippen LogP contribution in [0.2, 0.25) is 0 Å². The molecule has 1 aliphatic heterocycles. The first-order chi connectivity index (χ1) is 13.8.